The van der Waals surface area contributed by atoms with Crippen molar-refractivity contribution < 1.29 is 0 Å². The van der Waals surface area contributed by atoms with Crippen molar-refractivity contribution in [1.82, 2.24) is 24.8 Å². The van der Waals surface area contributed by atoms with Gasteiger partial charge in [-0.3, -0.25) is 9.97 Å². The van der Waals surface area contributed by atoms with Crippen LogP contribution < -0.4 is 5.32 Å². The Morgan fingerprint density at radius 2 is 2.04 bits per heavy atom. The molecule has 3 heterocycles. The number of nitrogens with one attached hydrogen (secondary N) is 2. The number of nitrogens with zero attached hydrogens (tertiary/aromatic N) is 4. The second-order valence-corrected chi connectivity index (χ2v) is 6.31. The zero-order chi connectivity index (χ0) is 16.2. The number of likely N-dealkylation sites (tertiary alicyclic amines) is 1. The van der Waals surface area contributed by atoms with E-state index < -0.39 is 0 Å². The van der Waals surface area contributed by atoms with Crippen LogP contribution >= 0.6 is 0 Å². The standard InChI is InChI=1S/C18H22N6/c1-2-4-17-16(3-1)22-18(23-17)21-14-5-10-24(11-6-14)12-7-15-13-19-8-9-20-15/h1-4,8-9,13-14H,5-7,10-12H2,(H2,21,22,23). The van der Waals surface area contributed by atoms with Crippen molar-refractivity contribution in [2.45, 2.75) is 25.3 Å². The summed E-state index contributed by atoms with van der Waals surface area (Å²) in [6.45, 7) is 3.27. The molecular formula is C18H22N6. The molecule has 0 aliphatic carbocycles. The third-order valence-electron chi connectivity index (χ3n) is 4.62. The van der Waals surface area contributed by atoms with Gasteiger partial charge in [-0.05, 0) is 25.0 Å². The third-order valence-corrected chi connectivity index (χ3v) is 4.62. The number of imidazole rings is 1. The maximum absolute atomic E-state index is 4.61. The zero-order valence-corrected chi connectivity index (χ0v) is 13.7. The first-order valence-corrected chi connectivity index (χ1v) is 8.55. The highest BCUT2D eigenvalue weighted by Crippen LogP contribution is 2.18. The molecule has 0 atom stereocenters. The number of anilines is 1. The Balaban J connectivity index is 1.27. The van der Waals surface area contributed by atoms with E-state index in [9.17, 15) is 0 Å². The topological polar surface area (TPSA) is 69.7 Å². The molecule has 1 saturated heterocycles. The van der Waals surface area contributed by atoms with E-state index in [4.69, 9.17) is 0 Å². The number of aromatic nitrogens is 4. The lowest BCUT2D eigenvalue weighted by Crippen LogP contribution is -2.40. The second-order valence-electron chi connectivity index (χ2n) is 6.31. The van der Waals surface area contributed by atoms with Crippen molar-refractivity contribution in [3.05, 3.63) is 48.5 Å². The largest absolute Gasteiger partial charge is 0.353 e. The molecule has 2 aromatic heterocycles. The van der Waals surface area contributed by atoms with E-state index in [1.807, 2.05) is 24.4 Å². The lowest BCUT2D eigenvalue weighted by molar-refractivity contribution is 0.220. The number of benzene rings is 1. The van der Waals surface area contributed by atoms with Crippen LogP contribution in [0, 0.1) is 0 Å². The number of rotatable bonds is 5. The Kier molecular flexibility index (Phi) is 4.38. The van der Waals surface area contributed by atoms with E-state index in [0.717, 1.165) is 61.6 Å². The molecule has 2 N–H and O–H groups in total. The van der Waals surface area contributed by atoms with Gasteiger partial charge in [-0.25, -0.2) is 4.98 Å². The van der Waals surface area contributed by atoms with Gasteiger partial charge in [-0.2, -0.15) is 0 Å². The molecule has 4 rings (SSSR count). The Labute approximate surface area is 141 Å². The molecule has 1 aromatic carbocycles. The molecule has 0 bridgehead atoms. The van der Waals surface area contributed by atoms with Crippen molar-refractivity contribution in [1.29, 1.82) is 0 Å². The Morgan fingerprint density at radius 3 is 2.83 bits per heavy atom. The number of fused-ring (bicyclic) bond motifs is 1. The van der Waals surface area contributed by atoms with Gasteiger partial charge >= 0.3 is 0 Å². The summed E-state index contributed by atoms with van der Waals surface area (Å²) in [5.41, 5.74) is 3.17. The molecule has 6 heteroatoms. The molecule has 0 amide bonds. The summed E-state index contributed by atoms with van der Waals surface area (Å²) in [6, 6.07) is 8.62. The molecule has 124 valence electrons. The molecule has 24 heavy (non-hydrogen) atoms. The number of hydrogen-bond donors (Lipinski definition) is 2. The maximum Gasteiger partial charge on any atom is 0.201 e. The van der Waals surface area contributed by atoms with Gasteiger partial charge in [0.15, 0.2) is 0 Å². The quantitative estimate of drug-likeness (QED) is 0.755. The molecule has 0 unspecified atom stereocenters. The van der Waals surface area contributed by atoms with Crippen molar-refractivity contribution in [3.8, 4) is 0 Å². The van der Waals surface area contributed by atoms with Gasteiger partial charge in [0.25, 0.3) is 0 Å². The van der Waals surface area contributed by atoms with E-state index in [1.54, 1.807) is 12.4 Å². The average molecular weight is 322 g/mol. The highest BCUT2D eigenvalue weighted by Gasteiger charge is 2.19. The molecule has 6 nitrogen and oxygen atoms in total. The molecule has 0 radical (unpaired) electrons. The van der Waals surface area contributed by atoms with Crippen LogP contribution in [0.15, 0.2) is 42.9 Å². The summed E-state index contributed by atoms with van der Waals surface area (Å²) < 4.78 is 0. The first-order chi connectivity index (χ1) is 11.9. The lowest BCUT2D eigenvalue weighted by atomic mass is 10.0. The van der Waals surface area contributed by atoms with Crippen LogP contribution in [0.4, 0.5) is 5.95 Å². The zero-order valence-electron chi connectivity index (χ0n) is 13.7. The van der Waals surface area contributed by atoms with Crippen molar-refractivity contribution in [2.24, 2.45) is 0 Å². The first-order valence-electron chi connectivity index (χ1n) is 8.55. The molecule has 1 fully saturated rings. The number of hydrogen-bond acceptors (Lipinski definition) is 5. The highest BCUT2D eigenvalue weighted by molar-refractivity contribution is 5.77. The molecule has 0 spiro atoms. The van der Waals surface area contributed by atoms with Crippen molar-refractivity contribution in [2.75, 3.05) is 25.0 Å². The summed E-state index contributed by atoms with van der Waals surface area (Å²) in [5, 5.41) is 3.55. The van der Waals surface area contributed by atoms with Crippen LogP contribution in [-0.2, 0) is 6.42 Å². The van der Waals surface area contributed by atoms with Crippen LogP contribution in [0.2, 0.25) is 0 Å². The van der Waals surface area contributed by atoms with Crippen LogP contribution in [-0.4, -0.2) is 50.5 Å². The van der Waals surface area contributed by atoms with E-state index in [-0.39, 0.29) is 0 Å². The Hall–Kier alpha value is -2.47. The summed E-state index contributed by atoms with van der Waals surface area (Å²) in [7, 11) is 0. The molecule has 3 aromatic rings. The van der Waals surface area contributed by atoms with E-state index in [0.29, 0.717) is 6.04 Å². The van der Waals surface area contributed by atoms with Gasteiger partial charge in [-0.1, -0.05) is 12.1 Å². The summed E-state index contributed by atoms with van der Waals surface area (Å²) in [4.78, 5) is 18.9. The van der Waals surface area contributed by atoms with Gasteiger partial charge in [0.2, 0.25) is 5.95 Å². The molecule has 1 aliphatic rings. The molecular weight excluding hydrogens is 300 g/mol. The van der Waals surface area contributed by atoms with Gasteiger partial charge in [-0.15, -0.1) is 0 Å². The van der Waals surface area contributed by atoms with Gasteiger partial charge in [0.1, 0.15) is 0 Å². The predicted molar refractivity (Wildman–Crippen MR) is 94.9 cm³/mol. The number of H-pyrrole nitrogens is 1. The minimum atomic E-state index is 0.485. The van der Waals surface area contributed by atoms with Gasteiger partial charge in [0.05, 0.1) is 16.7 Å². The highest BCUT2D eigenvalue weighted by atomic mass is 15.2. The van der Waals surface area contributed by atoms with Crippen molar-refractivity contribution in [3.63, 3.8) is 0 Å². The normalized spacial score (nSPS) is 16.5. The summed E-state index contributed by atoms with van der Waals surface area (Å²) >= 11 is 0. The van der Waals surface area contributed by atoms with Gasteiger partial charge in [0, 0.05) is 50.7 Å². The van der Waals surface area contributed by atoms with E-state index >= 15 is 0 Å². The fourth-order valence-electron chi connectivity index (χ4n) is 3.25. The summed E-state index contributed by atoms with van der Waals surface area (Å²) in [5.74, 6) is 0.884. The fraction of sp³-hybridized carbons (Fsp3) is 0.389. The van der Waals surface area contributed by atoms with E-state index in [1.165, 1.54) is 0 Å². The van der Waals surface area contributed by atoms with Crippen LogP contribution in [0.3, 0.4) is 0 Å². The number of aromatic amines is 1. The third kappa shape index (κ3) is 3.54. The van der Waals surface area contributed by atoms with E-state index in [2.05, 4.69) is 36.2 Å². The SMILES string of the molecule is c1ccc2[nH]c(NC3CCN(CCc4cnccn4)CC3)nc2c1. The lowest BCUT2D eigenvalue weighted by Gasteiger charge is -2.32. The van der Waals surface area contributed by atoms with Crippen LogP contribution in [0.5, 0.6) is 0 Å². The van der Waals surface area contributed by atoms with Crippen LogP contribution in [0.1, 0.15) is 18.5 Å². The minimum Gasteiger partial charge on any atom is -0.353 e. The molecule has 1 aliphatic heterocycles. The second kappa shape index (κ2) is 6.97. The average Bonchev–Trinajstić information content (AvgIpc) is 3.04. The predicted octanol–water partition coefficient (Wildman–Crippen LogP) is 2.47. The Morgan fingerprint density at radius 1 is 1.17 bits per heavy atom. The Bertz CT molecular complexity index is 743. The van der Waals surface area contributed by atoms with Crippen molar-refractivity contribution >= 4 is 17.0 Å². The first kappa shape index (κ1) is 15.1. The smallest absolute Gasteiger partial charge is 0.201 e. The number of piperidine rings is 1. The van der Waals surface area contributed by atoms with Gasteiger partial charge < -0.3 is 15.2 Å². The maximum atomic E-state index is 4.61. The molecule has 0 saturated carbocycles. The minimum absolute atomic E-state index is 0.485. The number of para-hydroxylation sites is 2. The summed E-state index contributed by atoms with van der Waals surface area (Å²) in [6.07, 6.45) is 8.58. The van der Waals surface area contributed by atoms with Crippen LogP contribution in [0.25, 0.3) is 11.0 Å². The monoisotopic (exact) mass is 322 g/mol. The fourth-order valence-corrected chi connectivity index (χ4v) is 3.25.